The van der Waals surface area contributed by atoms with Crippen molar-refractivity contribution in [3.63, 3.8) is 0 Å². The van der Waals surface area contributed by atoms with E-state index in [9.17, 15) is 13.9 Å². The third-order valence-corrected chi connectivity index (χ3v) is 4.07. The first-order chi connectivity index (χ1) is 8.43. The first-order valence-corrected chi connectivity index (χ1v) is 6.59. The number of hydrogen-bond acceptors (Lipinski definition) is 2. The van der Waals surface area contributed by atoms with Crippen molar-refractivity contribution < 1.29 is 18.6 Å². The van der Waals surface area contributed by atoms with Crippen LogP contribution in [0.5, 0.6) is 0 Å². The molecule has 0 radical (unpaired) electrons. The summed E-state index contributed by atoms with van der Waals surface area (Å²) in [6.07, 6.45) is -0.450. The van der Waals surface area contributed by atoms with E-state index in [-0.39, 0.29) is 10.0 Å². The van der Waals surface area contributed by atoms with Gasteiger partial charge in [-0.05, 0) is 40.9 Å². The maximum atomic E-state index is 13.9. The van der Waals surface area contributed by atoms with E-state index in [0.717, 1.165) is 6.07 Å². The fraction of sp³-hybridized carbons (Fsp3) is 0.538. The molecule has 102 valence electrons. The SMILES string of the molecule is CCC(CC)(OC)C(O)c1c(F)ccc(Br)c1F. The Labute approximate surface area is 114 Å². The van der Waals surface area contributed by atoms with E-state index in [1.165, 1.54) is 13.2 Å². The molecule has 0 bridgehead atoms. The van der Waals surface area contributed by atoms with E-state index in [1.807, 2.05) is 13.8 Å². The van der Waals surface area contributed by atoms with E-state index in [4.69, 9.17) is 4.74 Å². The van der Waals surface area contributed by atoms with Crippen LogP contribution >= 0.6 is 15.9 Å². The standard InChI is InChI=1S/C13H17BrF2O2/c1-4-13(5-2,18-3)12(17)10-9(15)7-6-8(14)11(10)16/h6-7,12,17H,4-5H2,1-3H3. The lowest BCUT2D eigenvalue weighted by Crippen LogP contribution is -2.38. The Morgan fingerprint density at radius 1 is 1.33 bits per heavy atom. The summed E-state index contributed by atoms with van der Waals surface area (Å²) in [5.74, 6) is -1.56. The van der Waals surface area contributed by atoms with Crippen molar-refractivity contribution in [1.82, 2.24) is 0 Å². The second-order valence-corrected chi connectivity index (χ2v) is 4.99. The fourth-order valence-electron chi connectivity index (χ4n) is 2.09. The van der Waals surface area contributed by atoms with E-state index < -0.39 is 23.3 Å². The van der Waals surface area contributed by atoms with Crippen LogP contribution in [0.1, 0.15) is 38.4 Å². The molecule has 0 fully saturated rings. The highest BCUT2D eigenvalue weighted by atomic mass is 79.9. The molecule has 0 saturated carbocycles. The molecule has 1 rings (SSSR count). The van der Waals surface area contributed by atoms with Gasteiger partial charge in [-0.2, -0.15) is 0 Å². The lowest BCUT2D eigenvalue weighted by atomic mass is 9.85. The van der Waals surface area contributed by atoms with Crippen LogP contribution in [0.25, 0.3) is 0 Å². The zero-order valence-corrected chi connectivity index (χ0v) is 12.2. The molecule has 0 aliphatic rings. The lowest BCUT2D eigenvalue weighted by molar-refractivity contribution is -0.112. The summed E-state index contributed by atoms with van der Waals surface area (Å²) >= 11 is 2.99. The predicted molar refractivity (Wildman–Crippen MR) is 69.3 cm³/mol. The smallest absolute Gasteiger partial charge is 0.146 e. The maximum absolute atomic E-state index is 13.9. The van der Waals surface area contributed by atoms with Gasteiger partial charge in [-0.25, -0.2) is 8.78 Å². The Morgan fingerprint density at radius 3 is 2.33 bits per heavy atom. The first kappa shape index (κ1) is 15.5. The molecule has 1 aromatic carbocycles. The molecule has 1 unspecified atom stereocenters. The van der Waals surface area contributed by atoms with Crippen LogP contribution in [0.15, 0.2) is 16.6 Å². The molecule has 1 atom stereocenters. The van der Waals surface area contributed by atoms with Crippen molar-refractivity contribution in [2.45, 2.75) is 38.4 Å². The second-order valence-electron chi connectivity index (χ2n) is 4.14. The average molecular weight is 323 g/mol. The number of ether oxygens (including phenoxy) is 1. The van der Waals surface area contributed by atoms with Gasteiger partial charge in [0.2, 0.25) is 0 Å². The average Bonchev–Trinajstić information content (AvgIpc) is 2.37. The van der Waals surface area contributed by atoms with E-state index in [0.29, 0.717) is 12.8 Å². The number of aliphatic hydroxyl groups is 1. The summed E-state index contributed by atoms with van der Waals surface area (Å²) in [4.78, 5) is 0. The van der Waals surface area contributed by atoms with Gasteiger partial charge < -0.3 is 9.84 Å². The van der Waals surface area contributed by atoms with Crippen molar-refractivity contribution in [1.29, 1.82) is 0 Å². The highest BCUT2D eigenvalue weighted by Crippen LogP contribution is 2.38. The van der Waals surface area contributed by atoms with Gasteiger partial charge >= 0.3 is 0 Å². The van der Waals surface area contributed by atoms with E-state index in [1.54, 1.807) is 0 Å². The van der Waals surface area contributed by atoms with Crippen LogP contribution < -0.4 is 0 Å². The third-order valence-electron chi connectivity index (χ3n) is 3.45. The van der Waals surface area contributed by atoms with Gasteiger partial charge in [-0.1, -0.05) is 13.8 Å². The Balaban J connectivity index is 3.33. The summed E-state index contributed by atoms with van der Waals surface area (Å²) in [5, 5.41) is 10.3. The minimum Gasteiger partial charge on any atom is -0.385 e. The zero-order valence-electron chi connectivity index (χ0n) is 10.6. The topological polar surface area (TPSA) is 29.5 Å². The van der Waals surface area contributed by atoms with Crippen molar-refractivity contribution in [2.75, 3.05) is 7.11 Å². The van der Waals surface area contributed by atoms with Gasteiger partial charge in [0.05, 0.1) is 15.6 Å². The molecular weight excluding hydrogens is 306 g/mol. The molecule has 0 heterocycles. The molecule has 5 heteroatoms. The molecule has 0 aromatic heterocycles. The summed E-state index contributed by atoms with van der Waals surface area (Å²) in [5.41, 5.74) is -1.34. The van der Waals surface area contributed by atoms with Gasteiger partial charge in [-0.3, -0.25) is 0 Å². The molecule has 2 nitrogen and oxygen atoms in total. The Morgan fingerprint density at radius 2 is 1.89 bits per heavy atom. The summed E-state index contributed by atoms with van der Waals surface area (Å²) in [7, 11) is 1.43. The number of hydrogen-bond donors (Lipinski definition) is 1. The third kappa shape index (κ3) is 2.58. The number of halogens is 3. The minimum absolute atomic E-state index is 0.121. The molecule has 0 saturated heterocycles. The van der Waals surface area contributed by atoms with E-state index in [2.05, 4.69) is 15.9 Å². The Hall–Kier alpha value is -0.520. The van der Waals surface area contributed by atoms with Crippen molar-refractivity contribution in [3.05, 3.63) is 33.8 Å². The molecular formula is C13H17BrF2O2. The second kappa shape index (κ2) is 6.08. The maximum Gasteiger partial charge on any atom is 0.146 e. The number of benzene rings is 1. The quantitative estimate of drug-likeness (QED) is 0.831. The highest BCUT2D eigenvalue weighted by molar-refractivity contribution is 9.10. The largest absolute Gasteiger partial charge is 0.385 e. The number of aliphatic hydroxyl groups excluding tert-OH is 1. The van der Waals surface area contributed by atoms with Crippen LogP contribution in [0.4, 0.5) is 8.78 Å². The van der Waals surface area contributed by atoms with Crippen molar-refractivity contribution >= 4 is 15.9 Å². The van der Waals surface area contributed by atoms with Gasteiger partial charge in [0.1, 0.15) is 17.7 Å². The normalized spacial score (nSPS) is 13.7. The van der Waals surface area contributed by atoms with Crippen LogP contribution in [-0.4, -0.2) is 17.8 Å². The van der Waals surface area contributed by atoms with Crippen LogP contribution in [0, 0.1) is 11.6 Å². The Bertz CT molecular complexity index is 411. The van der Waals surface area contributed by atoms with Crippen LogP contribution in [0.3, 0.4) is 0 Å². The highest BCUT2D eigenvalue weighted by Gasteiger charge is 2.39. The van der Waals surface area contributed by atoms with Gasteiger partial charge in [0.25, 0.3) is 0 Å². The molecule has 0 aliphatic heterocycles. The minimum atomic E-state index is -1.35. The van der Waals surface area contributed by atoms with Crippen LogP contribution in [0.2, 0.25) is 0 Å². The molecule has 0 spiro atoms. The monoisotopic (exact) mass is 322 g/mol. The summed E-state index contributed by atoms with van der Waals surface area (Å²) in [6.45, 7) is 3.62. The first-order valence-electron chi connectivity index (χ1n) is 5.80. The zero-order chi connectivity index (χ0) is 13.9. The molecule has 1 N–H and O–H groups in total. The van der Waals surface area contributed by atoms with Gasteiger partial charge in [0, 0.05) is 7.11 Å². The van der Waals surface area contributed by atoms with Crippen molar-refractivity contribution in [2.24, 2.45) is 0 Å². The van der Waals surface area contributed by atoms with Crippen molar-refractivity contribution in [3.8, 4) is 0 Å². The summed E-state index contributed by atoms with van der Waals surface area (Å²) < 4.78 is 33.1. The fourth-order valence-corrected chi connectivity index (χ4v) is 2.44. The molecule has 0 amide bonds. The molecule has 18 heavy (non-hydrogen) atoms. The lowest BCUT2D eigenvalue weighted by Gasteiger charge is -2.35. The van der Waals surface area contributed by atoms with Gasteiger partial charge in [-0.15, -0.1) is 0 Å². The van der Waals surface area contributed by atoms with Gasteiger partial charge in [0.15, 0.2) is 0 Å². The molecule has 0 aliphatic carbocycles. The van der Waals surface area contributed by atoms with Crippen LogP contribution in [-0.2, 0) is 4.74 Å². The summed E-state index contributed by atoms with van der Waals surface area (Å²) in [6, 6.07) is 2.39. The van der Waals surface area contributed by atoms with E-state index >= 15 is 0 Å². The number of methoxy groups -OCH3 is 1. The molecule has 1 aromatic rings. The number of rotatable bonds is 5. The predicted octanol–water partition coefficient (Wildman–Crippen LogP) is 3.97. The Kier molecular flexibility index (Phi) is 5.25.